The first-order valence-corrected chi connectivity index (χ1v) is 9.20. The van der Waals surface area contributed by atoms with E-state index in [9.17, 15) is 15.2 Å². The standard InChI is InChI=1S/C20H20N2O3S/c1-14-4-6-15(7-5-14)19(23)13-18(20-3-2-12-26-20)21-16-8-10-17(11-9-16)22(24)25/h2-12,18-19,21,23H,13H2,1H3. The van der Waals surface area contributed by atoms with Crippen LogP contribution in [0.4, 0.5) is 11.4 Å². The zero-order valence-electron chi connectivity index (χ0n) is 14.3. The van der Waals surface area contributed by atoms with Crippen molar-refractivity contribution < 1.29 is 10.0 Å². The van der Waals surface area contributed by atoms with E-state index in [0.29, 0.717) is 6.42 Å². The van der Waals surface area contributed by atoms with Gasteiger partial charge in [0.15, 0.2) is 0 Å². The van der Waals surface area contributed by atoms with Crippen molar-refractivity contribution >= 4 is 22.7 Å². The number of nitrogens with zero attached hydrogens (tertiary/aromatic N) is 1. The second-order valence-electron chi connectivity index (χ2n) is 6.18. The molecule has 2 unspecified atom stereocenters. The molecule has 0 fully saturated rings. The van der Waals surface area contributed by atoms with E-state index in [-0.39, 0.29) is 11.7 Å². The van der Waals surface area contributed by atoms with Crippen LogP contribution in [0.1, 0.15) is 34.6 Å². The fourth-order valence-electron chi connectivity index (χ4n) is 2.76. The highest BCUT2D eigenvalue weighted by Gasteiger charge is 2.19. The summed E-state index contributed by atoms with van der Waals surface area (Å²) in [6.07, 6.45) is -0.103. The molecular weight excluding hydrogens is 348 g/mol. The number of aliphatic hydroxyl groups excluding tert-OH is 1. The highest BCUT2D eigenvalue weighted by atomic mass is 32.1. The number of aliphatic hydroxyl groups is 1. The van der Waals surface area contributed by atoms with Gasteiger partial charge in [-0.05, 0) is 36.1 Å². The highest BCUT2D eigenvalue weighted by Crippen LogP contribution is 2.32. The summed E-state index contributed by atoms with van der Waals surface area (Å²) in [5, 5.41) is 26.8. The van der Waals surface area contributed by atoms with Crippen LogP contribution in [0.3, 0.4) is 0 Å². The normalized spacial score (nSPS) is 13.2. The molecule has 1 aromatic heterocycles. The second-order valence-corrected chi connectivity index (χ2v) is 7.16. The molecule has 2 N–H and O–H groups in total. The molecule has 0 radical (unpaired) electrons. The molecule has 26 heavy (non-hydrogen) atoms. The van der Waals surface area contributed by atoms with Gasteiger partial charge in [0.25, 0.3) is 5.69 Å². The number of anilines is 1. The van der Waals surface area contributed by atoms with Crippen molar-refractivity contribution in [2.75, 3.05) is 5.32 Å². The van der Waals surface area contributed by atoms with E-state index in [1.165, 1.54) is 12.1 Å². The summed E-state index contributed by atoms with van der Waals surface area (Å²) in [5.74, 6) is 0. The molecule has 6 heteroatoms. The van der Waals surface area contributed by atoms with Crippen molar-refractivity contribution in [3.63, 3.8) is 0 Å². The number of nitrogens with one attached hydrogen (secondary N) is 1. The molecule has 2 atom stereocenters. The van der Waals surface area contributed by atoms with Gasteiger partial charge in [-0.15, -0.1) is 11.3 Å². The van der Waals surface area contributed by atoms with Crippen LogP contribution in [-0.4, -0.2) is 10.0 Å². The molecular formula is C20H20N2O3S. The molecule has 3 rings (SSSR count). The SMILES string of the molecule is Cc1ccc(C(O)CC(Nc2ccc([N+](=O)[O-])cc2)c2cccs2)cc1. The van der Waals surface area contributed by atoms with E-state index in [1.807, 2.05) is 48.7 Å². The van der Waals surface area contributed by atoms with Crippen LogP contribution in [0.5, 0.6) is 0 Å². The van der Waals surface area contributed by atoms with Crippen molar-refractivity contribution in [2.45, 2.75) is 25.5 Å². The summed E-state index contributed by atoms with van der Waals surface area (Å²) in [5.41, 5.74) is 2.87. The summed E-state index contributed by atoms with van der Waals surface area (Å²) in [6, 6.07) is 18.1. The molecule has 0 aliphatic rings. The third-order valence-corrected chi connectivity index (χ3v) is 5.21. The first-order chi connectivity index (χ1) is 12.5. The minimum absolute atomic E-state index is 0.0583. The first kappa shape index (κ1) is 18.1. The Morgan fingerprint density at radius 3 is 2.38 bits per heavy atom. The molecule has 0 bridgehead atoms. The molecule has 5 nitrogen and oxygen atoms in total. The third kappa shape index (κ3) is 4.47. The largest absolute Gasteiger partial charge is 0.388 e. The van der Waals surface area contributed by atoms with Gasteiger partial charge in [-0.3, -0.25) is 10.1 Å². The Hall–Kier alpha value is -2.70. The number of thiophene rings is 1. The maximum Gasteiger partial charge on any atom is 0.269 e. The van der Waals surface area contributed by atoms with Gasteiger partial charge < -0.3 is 10.4 Å². The molecule has 0 spiro atoms. The Bertz CT molecular complexity index is 846. The quantitative estimate of drug-likeness (QED) is 0.442. The van der Waals surface area contributed by atoms with Crippen molar-refractivity contribution in [1.82, 2.24) is 0 Å². The summed E-state index contributed by atoms with van der Waals surface area (Å²) in [7, 11) is 0. The van der Waals surface area contributed by atoms with Crippen LogP contribution < -0.4 is 5.32 Å². The molecule has 0 aliphatic carbocycles. The van der Waals surface area contributed by atoms with E-state index < -0.39 is 11.0 Å². The maximum absolute atomic E-state index is 10.8. The fourth-order valence-corrected chi connectivity index (χ4v) is 3.56. The number of benzene rings is 2. The zero-order valence-corrected chi connectivity index (χ0v) is 15.1. The summed E-state index contributed by atoms with van der Waals surface area (Å²) in [4.78, 5) is 11.5. The van der Waals surface area contributed by atoms with Crippen LogP contribution in [0.15, 0.2) is 66.0 Å². The van der Waals surface area contributed by atoms with Gasteiger partial charge in [-0.1, -0.05) is 35.9 Å². The van der Waals surface area contributed by atoms with Gasteiger partial charge in [-0.25, -0.2) is 0 Å². The average Bonchev–Trinajstić information content (AvgIpc) is 3.16. The number of nitro groups is 1. The van der Waals surface area contributed by atoms with E-state index in [0.717, 1.165) is 21.7 Å². The van der Waals surface area contributed by atoms with E-state index in [1.54, 1.807) is 23.5 Å². The summed E-state index contributed by atoms with van der Waals surface area (Å²) >= 11 is 1.62. The third-order valence-electron chi connectivity index (χ3n) is 4.23. The van der Waals surface area contributed by atoms with Crippen molar-refractivity contribution in [1.29, 1.82) is 0 Å². The lowest BCUT2D eigenvalue weighted by Crippen LogP contribution is -2.13. The van der Waals surface area contributed by atoms with Crippen molar-refractivity contribution in [3.8, 4) is 0 Å². The molecule has 2 aromatic carbocycles. The van der Waals surface area contributed by atoms with Crippen LogP contribution in [0, 0.1) is 17.0 Å². The van der Waals surface area contributed by atoms with E-state index >= 15 is 0 Å². The molecule has 0 aliphatic heterocycles. The maximum atomic E-state index is 10.8. The van der Waals surface area contributed by atoms with Gasteiger partial charge in [-0.2, -0.15) is 0 Å². The lowest BCUT2D eigenvalue weighted by molar-refractivity contribution is -0.384. The number of nitro benzene ring substituents is 1. The minimum Gasteiger partial charge on any atom is -0.388 e. The monoisotopic (exact) mass is 368 g/mol. The summed E-state index contributed by atoms with van der Waals surface area (Å²) in [6.45, 7) is 2.01. The van der Waals surface area contributed by atoms with E-state index in [4.69, 9.17) is 0 Å². The Morgan fingerprint density at radius 2 is 1.81 bits per heavy atom. The molecule has 0 saturated carbocycles. The van der Waals surface area contributed by atoms with Gasteiger partial charge >= 0.3 is 0 Å². The fraction of sp³-hybridized carbons (Fsp3) is 0.200. The van der Waals surface area contributed by atoms with Gasteiger partial charge in [0, 0.05) is 29.1 Å². The van der Waals surface area contributed by atoms with Crippen LogP contribution in [-0.2, 0) is 0 Å². The van der Waals surface area contributed by atoms with Gasteiger partial charge in [0.05, 0.1) is 17.1 Å². The molecule has 1 heterocycles. The molecule has 0 amide bonds. The Balaban J connectivity index is 1.77. The second kappa shape index (κ2) is 8.12. The Kier molecular flexibility index (Phi) is 5.65. The topological polar surface area (TPSA) is 75.4 Å². The predicted molar refractivity (Wildman–Crippen MR) is 105 cm³/mol. The van der Waals surface area contributed by atoms with Crippen LogP contribution >= 0.6 is 11.3 Å². The van der Waals surface area contributed by atoms with Crippen molar-refractivity contribution in [2.24, 2.45) is 0 Å². The van der Waals surface area contributed by atoms with Crippen LogP contribution in [0.2, 0.25) is 0 Å². The zero-order chi connectivity index (χ0) is 18.5. The van der Waals surface area contributed by atoms with E-state index in [2.05, 4.69) is 5.32 Å². The number of aryl methyl sites for hydroxylation is 1. The number of hydrogen-bond donors (Lipinski definition) is 2. The lowest BCUT2D eigenvalue weighted by atomic mass is 10.00. The highest BCUT2D eigenvalue weighted by molar-refractivity contribution is 7.10. The van der Waals surface area contributed by atoms with Crippen LogP contribution in [0.25, 0.3) is 0 Å². The molecule has 3 aromatic rings. The lowest BCUT2D eigenvalue weighted by Gasteiger charge is -2.22. The molecule has 134 valence electrons. The Labute approximate surface area is 156 Å². The Morgan fingerprint density at radius 1 is 1.12 bits per heavy atom. The smallest absolute Gasteiger partial charge is 0.269 e. The predicted octanol–water partition coefficient (Wildman–Crippen LogP) is 5.24. The number of rotatable bonds is 7. The van der Waals surface area contributed by atoms with Crippen molar-refractivity contribution in [3.05, 3.63) is 92.2 Å². The average molecular weight is 368 g/mol. The molecule has 0 saturated heterocycles. The summed E-state index contributed by atoms with van der Waals surface area (Å²) < 4.78 is 0. The van der Waals surface area contributed by atoms with Gasteiger partial charge in [0.2, 0.25) is 0 Å². The van der Waals surface area contributed by atoms with Gasteiger partial charge in [0.1, 0.15) is 0 Å². The minimum atomic E-state index is -0.603. The first-order valence-electron chi connectivity index (χ1n) is 8.32. The number of non-ortho nitro benzene ring substituents is 1. The number of hydrogen-bond acceptors (Lipinski definition) is 5.